The van der Waals surface area contributed by atoms with Crippen LogP contribution in [0.1, 0.15) is 16.7 Å². The third-order valence-corrected chi connectivity index (χ3v) is 5.06. The molecule has 0 aliphatic rings. The van der Waals surface area contributed by atoms with Crippen molar-refractivity contribution in [2.75, 3.05) is 14.1 Å². The second-order valence-corrected chi connectivity index (χ2v) is 7.76. The first-order chi connectivity index (χ1) is 14.9. The zero-order chi connectivity index (χ0) is 22.0. The van der Waals surface area contributed by atoms with Gasteiger partial charge >= 0.3 is 7.12 Å². The molecule has 0 aliphatic carbocycles. The fourth-order valence-corrected chi connectivity index (χ4v) is 3.63. The summed E-state index contributed by atoms with van der Waals surface area (Å²) < 4.78 is 0. The standard InChI is InChI=1S/C24H24BN3O3/c1-28(2)15-16-8-11-19(12-9-16)26-23(17-6-4-3-5-7-17)22-20-13-10-18(25(30)31)14-21(20)27-24(22)29/h3-14,27,29-31H,15H2,1-2H3. The van der Waals surface area contributed by atoms with Gasteiger partial charge in [-0.05, 0) is 43.3 Å². The van der Waals surface area contributed by atoms with E-state index >= 15 is 0 Å². The average molecular weight is 413 g/mol. The third-order valence-electron chi connectivity index (χ3n) is 5.06. The van der Waals surface area contributed by atoms with Crippen LogP contribution in [-0.2, 0) is 6.54 Å². The number of fused-ring (bicyclic) bond motifs is 1. The highest BCUT2D eigenvalue weighted by atomic mass is 16.4. The predicted octanol–water partition coefficient (Wildman–Crippen LogP) is 2.78. The molecular weight excluding hydrogens is 389 g/mol. The van der Waals surface area contributed by atoms with Gasteiger partial charge < -0.3 is 25.0 Å². The number of benzene rings is 3. The molecule has 6 nitrogen and oxygen atoms in total. The number of aromatic hydroxyl groups is 1. The van der Waals surface area contributed by atoms with Gasteiger partial charge in [0.15, 0.2) is 5.88 Å². The first kappa shape index (κ1) is 20.9. The summed E-state index contributed by atoms with van der Waals surface area (Å²) in [5.74, 6) is -0.0218. The van der Waals surface area contributed by atoms with Crippen LogP contribution in [0.5, 0.6) is 5.88 Å². The summed E-state index contributed by atoms with van der Waals surface area (Å²) in [6, 6.07) is 22.7. The lowest BCUT2D eigenvalue weighted by Crippen LogP contribution is -2.29. The van der Waals surface area contributed by atoms with Gasteiger partial charge in [-0.2, -0.15) is 0 Å². The number of nitrogens with one attached hydrogen (secondary N) is 1. The summed E-state index contributed by atoms with van der Waals surface area (Å²) in [6.45, 7) is 0.845. The molecule has 4 N–H and O–H groups in total. The van der Waals surface area contributed by atoms with Gasteiger partial charge in [0.05, 0.1) is 17.0 Å². The lowest BCUT2D eigenvalue weighted by Gasteiger charge is -2.10. The van der Waals surface area contributed by atoms with Crippen molar-refractivity contribution in [2.24, 2.45) is 4.99 Å². The highest BCUT2D eigenvalue weighted by Crippen LogP contribution is 2.31. The number of rotatable bonds is 6. The molecule has 156 valence electrons. The molecule has 0 saturated carbocycles. The van der Waals surface area contributed by atoms with Gasteiger partial charge in [-0.15, -0.1) is 0 Å². The number of hydrogen-bond acceptors (Lipinski definition) is 5. The van der Waals surface area contributed by atoms with Crippen molar-refractivity contribution in [3.63, 3.8) is 0 Å². The quantitative estimate of drug-likeness (QED) is 0.289. The fraction of sp³-hybridized carbons (Fsp3) is 0.125. The van der Waals surface area contributed by atoms with Crippen molar-refractivity contribution < 1.29 is 15.2 Å². The summed E-state index contributed by atoms with van der Waals surface area (Å²) in [4.78, 5) is 9.93. The number of hydrogen-bond donors (Lipinski definition) is 4. The molecule has 1 heterocycles. The van der Waals surface area contributed by atoms with Crippen LogP contribution >= 0.6 is 0 Å². The predicted molar refractivity (Wildman–Crippen MR) is 125 cm³/mol. The van der Waals surface area contributed by atoms with Gasteiger partial charge in [-0.3, -0.25) is 0 Å². The Morgan fingerprint density at radius 2 is 1.68 bits per heavy atom. The molecule has 4 aromatic rings. The van der Waals surface area contributed by atoms with Crippen LogP contribution in [0.4, 0.5) is 5.69 Å². The van der Waals surface area contributed by atoms with Crippen molar-refractivity contribution in [3.05, 3.63) is 89.5 Å². The molecule has 1 aromatic heterocycles. The zero-order valence-corrected chi connectivity index (χ0v) is 17.4. The first-order valence-electron chi connectivity index (χ1n) is 10.0. The van der Waals surface area contributed by atoms with E-state index in [4.69, 9.17) is 4.99 Å². The monoisotopic (exact) mass is 413 g/mol. The summed E-state index contributed by atoms with van der Waals surface area (Å²) in [7, 11) is 2.47. The molecule has 0 spiro atoms. The Labute approximate surface area is 181 Å². The molecule has 0 bridgehead atoms. The molecule has 0 radical (unpaired) electrons. The van der Waals surface area contributed by atoms with Crippen LogP contribution in [0.15, 0.2) is 77.8 Å². The number of aliphatic imine (C=N–C) groups is 1. The van der Waals surface area contributed by atoms with E-state index < -0.39 is 7.12 Å². The lowest BCUT2D eigenvalue weighted by atomic mass is 9.80. The van der Waals surface area contributed by atoms with Crippen molar-refractivity contribution in [2.45, 2.75) is 6.54 Å². The Bertz CT molecular complexity index is 1220. The molecular formula is C24H24BN3O3. The largest absolute Gasteiger partial charge is 0.494 e. The Morgan fingerprint density at radius 1 is 0.968 bits per heavy atom. The van der Waals surface area contributed by atoms with E-state index in [-0.39, 0.29) is 5.88 Å². The average Bonchev–Trinajstić information content (AvgIpc) is 3.08. The minimum absolute atomic E-state index is 0.0218. The molecule has 0 atom stereocenters. The second kappa shape index (κ2) is 8.77. The number of aromatic nitrogens is 1. The zero-order valence-electron chi connectivity index (χ0n) is 17.4. The van der Waals surface area contributed by atoms with Crippen molar-refractivity contribution in [1.82, 2.24) is 9.88 Å². The van der Waals surface area contributed by atoms with Crippen LogP contribution in [0.3, 0.4) is 0 Å². The van der Waals surface area contributed by atoms with Crippen molar-refractivity contribution in [3.8, 4) is 5.88 Å². The van der Waals surface area contributed by atoms with E-state index in [0.717, 1.165) is 23.2 Å². The lowest BCUT2D eigenvalue weighted by molar-refractivity contribution is 0.402. The Kier molecular flexibility index (Phi) is 5.91. The summed E-state index contributed by atoms with van der Waals surface area (Å²) in [5, 5.41) is 30.4. The molecule has 4 rings (SSSR count). The summed E-state index contributed by atoms with van der Waals surface area (Å²) in [6.07, 6.45) is 0. The fourth-order valence-electron chi connectivity index (χ4n) is 3.63. The van der Waals surface area contributed by atoms with Gasteiger partial charge in [0.25, 0.3) is 0 Å². The SMILES string of the molecule is CN(C)Cc1ccc(N=C(c2ccccc2)c2c(O)[nH]c3cc(B(O)O)ccc23)cc1. The van der Waals surface area contributed by atoms with E-state index in [9.17, 15) is 15.2 Å². The molecule has 31 heavy (non-hydrogen) atoms. The Hall–Kier alpha value is -3.39. The van der Waals surface area contributed by atoms with Crippen LogP contribution in [0.25, 0.3) is 10.9 Å². The smallest absolute Gasteiger partial charge is 0.488 e. The topological polar surface area (TPSA) is 92.1 Å². The van der Waals surface area contributed by atoms with Crippen LogP contribution in [0.2, 0.25) is 0 Å². The van der Waals surface area contributed by atoms with Gasteiger partial charge in [-0.1, -0.05) is 54.6 Å². The van der Waals surface area contributed by atoms with Crippen LogP contribution < -0.4 is 5.46 Å². The van der Waals surface area contributed by atoms with Gasteiger partial charge in [0, 0.05) is 23.0 Å². The number of H-pyrrole nitrogens is 1. The maximum Gasteiger partial charge on any atom is 0.488 e. The van der Waals surface area contributed by atoms with Crippen LogP contribution in [-0.4, -0.2) is 52.0 Å². The van der Waals surface area contributed by atoms with Crippen LogP contribution in [0, 0.1) is 0 Å². The highest BCUT2D eigenvalue weighted by molar-refractivity contribution is 6.58. The van der Waals surface area contributed by atoms with Gasteiger partial charge in [-0.25, -0.2) is 4.99 Å². The third kappa shape index (κ3) is 4.54. The highest BCUT2D eigenvalue weighted by Gasteiger charge is 2.20. The van der Waals surface area contributed by atoms with E-state index in [2.05, 4.69) is 9.88 Å². The molecule has 0 amide bonds. The number of aromatic amines is 1. The minimum Gasteiger partial charge on any atom is -0.494 e. The molecule has 7 heteroatoms. The van der Waals surface area contributed by atoms with E-state index in [1.807, 2.05) is 68.7 Å². The first-order valence-corrected chi connectivity index (χ1v) is 10.0. The molecule has 0 unspecified atom stereocenters. The van der Waals surface area contributed by atoms with E-state index in [1.165, 1.54) is 5.56 Å². The maximum atomic E-state index is 10.7. The Morgan fingerprint density at radius 3 is 2.32 bits per heavy atom. The van der Waals surface area contributed by atoms with E-state index in [0.29, 0.717) is 22.3 Å². The summed E-state index contributed by atoms with van der Waals surface area (Å²) >= 11 is 0. The van der Waals surface area contributed by atoms with Gasteiger partial charge in [0.1, 0.15) is 0 Å². The van der Waals surface area contributed by atoms with Gasteiger partial charge in [0.2, 0.25) is 0 Å². The number of nitrogens with zero attached hydrogens (tertiary/aromatic N) is 2. The Balaban J connectivity index is 1.85. The molecule has 3 aromatic carbocycles. The molecule has 0 aliphatic heterocycles. The summed E-state index contributed by atoms with van der Waals surface area (Å²) in [5.41, 5.74) is 4.97. The minimum atomic E-state index is -1.58. The maximum absolute atomic E-state index is 10.7. The normalized spacial score (nSPS) is 12.0. The van der Waals surface area contributed by atoms with E-state index in [1.54, 1.807) is 18.2 Å². The second-order valence-electron chi connectivity index (χ2n) is 7.76. The van der Waals surface area contributed by atoms with Crippen molar-refractivity contribution in [1.29, 1.82) is 0 Å². The molecule has 0 saturated heterocycles. The van der Waals surface area contributed by atoms with Crippen molar-refractivity contribution >= 4 is 34.9 Å². The molecule has 0 fully saturated rings.